The number of sulfone groups is 1. The zero-order chi connectivity index (χ0) is 19.3. The van der Waals surface area contributed by atoms with Crippen LogP contribution >= 0.6 is 0 Å². The van der Waals surface area contributed by atoms with Crippen molar-refractivity contribution in [3.05, 3.63) is 11.9 Å². The van der Waals surface area contributed by atoms with Gasteiger partial charge in [-0.25, -0.2) is 13.4 Å². The highest BCUT2D eigenvalue weighted by Gasteiger charge is 2.27. The molecule has 2 saturated heterocycles. The van der Waals surface area contributed by atoms with Gasteiger partial charge in [-0.2, -0.15) is 0 Å². The predicted octanol–water partition coefficient (Wildman–Crippen LogP) is 0.910. The van der Waals surface area contributed by atoms with Crippen LogP contribution in [0.5, 0.6) is 0 Å². The van der Waals surface area contributed by atoms with Crippen molar-refractivity contribution in [2.45, 2.75) is 57.0 Å². The van der Waals surface area contributed by atoms with Crippen molar-refractivity contribution >= 4 is 16.2 Å². The zero-order valence-electron chi connectivity index (χ0n) is 16.0. The summed E-state index contributed by atoms with van der Waals surface area (Å²) < 4.78 is 33.0. The minimum atomic E-state index is -3.40. The summed E-state index contributed by atoms with van der Waals surface area (Å²) in [6.45, 7) is 6.89. The monoisotopic (exact) mass is 398 g/mol. The highest BCUT2D eigenvalue weighted by Crippen LogP contribution is 2.21. The summed E-state index contributed by atoms with van der Waals surface area (Å²) in [5, 5.41) is 0.166. The Morgan fingerprint density at radius 3 is 2.81 bits per heavy atom. The first-order chi connectivity index (χ1) is 13.0. The maximum Gasteiger partial charge on any atom is 0.227 e. The molecule has 0 aromatic carbocycles. The molecule has 1 atom stereocenters. The Labute approximate surface area is 161 Å². The van der Waals surface area contributed by atoms with Crippen LogP contribution in [-0.2, 0) is 32.5 Å². The number of amides is 1. The van der Waals surface area contributed by atoms with Crippen molar-refractivity contribution < 1.29 is 17.9 Å². The number of hydrogen-bond acceptors (Lipinski definition) is 6. The normalized spacial score (nSPS) is 22.1. The SMILES string of the molecule is CCCS(=O)(=O)c1ncc(CN2CCCN(C=O)CC2)n1CC1CCCO1. The molecule has 3 rings (SSSR count). The largest absolute Gasteiger partial charge is 0.376 e. The van der Waals surface area contributed by atoms with Crippen LogP contribution in [0, 0.1) is 0 Å². The summed E-state index contributed by atoms with van der Waals surface area (Å²) >= 11 is 0. The third kappa shape index (κ3) is 5.08. The Balaban J connectivity index is 1.81. The number of aromatic nitrogens is 2. The highest BCUT2D eigenvalue weighted by molar-refractivity contribution is 7.91. The molecule has 9 heteroatoms. The van der Waals surface area contributed by atoms with E-state index in [1.54, 1.807) is 11.1 Å². The number of hydrogen-bond donors (Lipinski definition) is 0. The van der Waals surface area contributed by atoms with Crippen LogP contribution in [-0.4, -0.2) is 78.8 Å². The lowest BCUT2D eigenvalue weighted by atomic mass is 10.2. The minimum absolute atomic E-state index is 0.0446. The van der Waals surface area contributed by atoms with Gasteiger partial charge in [-0.3, -0.25) is 9.69 Å². The molecule has 27 heavy (non-hydrogen) atoms. The van der Waals surface area contributed by atoms with Gasteiger partial charge in [0.05, 0.1) is 30.3 Å². The molecular formula is C18H30N4O4S. The van der Waals surface area contributed by atoms with Crippen molar-refractivity contribution in [1.29, 1.82) is 0 Å². The average molecular weight is 399 g/mol. The molecule has 1 amide bonds. The first-order valence-corrected chi connectivity index (χ1v) is 11.5. The van der Waals surface area contributed by atoms with Crippen LogP contribution in [0.2, 0.25) is 0 Å². The van der Waals surface area contributed by atoms with E-state index in [4.69, 9.17) is 4.74 Å². The van der Waals surface area contributed by atoms with Crippen molar-refractivity contribution in [2.24, 2.45) is 0 Å². The van der Waals surface area contributed by atoms with Gasteiger partial charge < -0.3 is 14.2 Å². The second kappa shape index (κ2) is 9.16. The van der Waals surface area contributed by atoms with Crippen LogP contribution in [0.1, 0.15) is 38.3 Å². The molecule has 2 fully saturated rings. The van der Waals surface area contributed by atoms with E-state index in [1.165, 1.54) is 0 Å². The van der Waals surface area contributed by atoms with Crippen LogP contribution < -0.4 is 0 Å². The fourth-order valence-corrected chi connectivity index (χ4v) is 5.26. The van der Waals surface area contributed by atoms with Gasteiger partial charge in [0.1, 0.15) is 0 Å². The molecule has 2 aliphatic heterocycles. The van der Waals surface area contributed by atoms with Crippen LogP contribution in [0.3, 0.4) is 0 Å². The molecule has 1 aromatic rings. The summed E-state index contributed by atoms with van der Waals surface area (Å²) in [4.78, 5) is 19.4. The van der Waals surface area contributed by atoms with Gasteiger partial charge in [-0.1, -0.05) is 6.92 Å². The van der Waals surface area contributed by atoms with E-state index >= 15 is 0 Å². The molecular weight excluding hydrogens is 368 g/mol. The first kappa shape index (κ1) is 20.3. The standard InChI is InChI=1S/C18H30N4O4S/c1-2-11-27(24,25)18-19-12-16(22(18)14-17-5-3-10-26-17)13-20-6-4-7-21(15-23)9-8-20/h12,15,17H,2-11,13-14H2,1H3. The summed E-state index contributed by atoms with van der Waals surface area (Å²) in [6, 6.07) is 0. The number of ether oxygens (including phenoxy) is 1. The molecule has 1 unspecified atom stereocenters. The second-order valence-electron chi connectivity index (χ2n) is 7.37. The van der Waals surface area contributed by atoms with E-state index in [1.807, 2.05) is 11.5 Å². The van der Waals surface area contributed by atoms with E-state index in [9.17, 15) is 13.2 Å². The fraction of sp³-hybridized carbons (Fsp3) is 0.778. The number of rotatable bonds is 8. The van der Waals surface area contributed by atoms with Gasteiger partial charge in [0, 0.05) is 39.3 Å². The molecule has 0 aliphatic carbocycles. The first-order valence-electron chi connectivity index (χ1n) is 9.84. The van der Waals surface area contributed by atoms with Crippen molar-refractivity contribution in [3.8, 4) is 0 Å². The number of nitrogens with zero attached hydrogens (tertiary/aromatic N) is 4. The molecule has 0 saturated carbocycles. The number of carbonyl (C=O) groups is 1. The molecule has 2 aliphatic rings. The number of imidazole rings is 1. The Bertz CT molecular complexity index is 728. The summed E-state index contributed by atoms with van der Waals surface area (Å²) in [6.07, 6.45) is 6.09. The van der Waals surface area contributed by atoms with Crippen LogP contribution in [0.4, 0.5) is 0 Å². The van der Waals surface area contributed by atoms with Crippen molar-refractivity contribution in [2.75, 3.05) is 38.5 Å². The van der Waals surface area contributed by atoms with Crippen LogP contribution in [0.15, 0.2) is 11.4 Å². The van der Waals surface area contributed by atoms with Crippen molar-refractivity contribution in [3.63, 3.8) is 0 Å². The minimum Gasteiger partial charge on any atom is -0.376 e. The summed E-state index contributed by atoms with van der Waals surface area (Å²) in [7, 11) is -3.40. The molecule has 0 spiro atoms. The van der Waals surface area contributed by atoms with E-state index in [0.29, 0.717) is 26.1 Å². The van der Waals surface area contributed by atoms with E-state index in [2.05, 4.69) is 9.88 Å². The molecule has 8 nitrogen and oxygen atoms in total. The Kier molecular flexibility index (Phi) is 6.88. The van der Waals surface area contributed by atoms with Gasteiger partial charge in [0.2, 0.25) is 21.4 Å². The third-order valence-electron chi connectivity index (χ3n) is 5.22. The van der Waals surface area contributed by atoms with E-state index in [-0.39, 0.29) is 17.0 Å². The van der Waals surface area contributed by atoms with Gasteiger partial charge in [0.25, 0.3) is 0 Å². The van der Waals surface area contributed by atoms with Gasteiger partial charge in [-0.15, -0.1) is 0 Å². The summed E-state index contributed by atoms with van der Waals surface area (Å²) in [5.74, 6) is 0.104. The van der Waals surface area contributed by atoms with E-state index < -0.39 is 9.84 Å². The lowest BCUT2D eigenvalue weighted by Gasteiger charge is -2.22. The van der Waals surface area contributed by atoms with Gasteiger partial charge in [-0.05, 0) is 25.7 Å². The maximum atomic E-state index is 12.7. The smallest absolute Gasteiger partial charge is 0.227 e. The van der Waals surface area contributed by atoms with Crippen LogP contribution in [0.25, 0.3) is 0 Å². The fourth-order valence-electron chi connectivity index (χ4n) is 3.80. The summed E-state index contributed by atoms with van der Waals surface area (Å²) in [5.41, 5.74) is 0.903. The molecule has 0 bridgehead atoms. The topological polar surface area (TPSA) is 84.7 Å². The second-order valence-corrected chi connectivity index (χ2v) is 9.37. The highest BCUT2D eigenvalue weighted by atomic mass is 32.2. The number of carbonyl (C=O) groups excluding carboxylic acids is 1. The van der Waals surface area contributed by atoms with Gasteiger partial charge >= 0.3 is 0 Å². The molecule has 1 aromatic heterocycles. The molecule has 0 radical (unpaired) electrons. The molecule has 3 heterocycles. The van der Waals surface area contributed by atoms with E-state index in [0.717, 1.165) is 57.6 Å². The lowest BCUT2D eigenvalue weighted by molar-refractivity contribution is -0.118. The lowest BCUT2D eigenvalue weighted by Crippen LogP contribution is -2.31. The Morgan fingerprint density at radius 2 is 2.11 bits per heavy atom. The predicted molar refractivity (Wildman–Crippen MR) is 101 cm³/mol. The molecule has 0 N–H and O–H groups in total. The van der Waals surface area contributed by atoms with Gasteiger partial charge in [0.15, 0.2) is 0 Å². The Morgan fingerprint density at radius 1 is 1.26 bits per heavy atom. The quantitative estimate of drug-likeness (QED) is 0.605. The third-order valence-corrected chi connectivity index (χ3v) is 7.05. The van der Waals surface area contributed by atoms with Crippen molar-refractivity contribution in [1.82, 2.24) is 19.4 Å². The zero-order valence-corrected chi connectivity index (χ0v) is 16.9. The Hall–Kier alpha value is -1.45. The maximum absolute atomic E-state index is 12.7. The average Bonchev–Trinajstić information content (AvgIpc) is 3.22. The molecule has 152 valence electrons.